The normalized spacial score (nSPS) is 11.8. The molecule has 46 heavy (non-hydrogen) atoms. The molecule has 1 unspecified atom stereocenters. The van der Waals surface area contributed by atoms with E-state index < -0.39 is 0 Å². The summed E-state index contributed by atoms with van der Waals surface area (Å²) in [7, 11) is 0. The molecule has 0 aliphatic rings. The van der Waals surface area contributed by atoms with E-state index in [1.54, 1.807) is 12.1 Å². The highest BCUT2D eigenvalue weighted by molar-refractivity contribution is 5.91. The fourth-order valence-electron chi connectivity index (χ4n) is 5.71. The molecule has 4 nitrogen and oxygen atoms in total. The van der Waals surface area contributed by atoms with Crippen LogP contribution in [0.2, 0.25) is 0 Å². The standard InChI is InChI=1S/C42H60O4/c1-4-6-8-10-12-13-14-16-17-19-33-44-35(3)36-21-23-37(24-22-36)38-25-31-41(32-26-38)46-42(43)39-27-29-40(30-28-39)45-34-20-18-15-11-9-7-5-2/h21-32,35H,4-20,33-34H2,1-3H3. The van der Waals surface area contributed by atoms with Crippen molar-refractivity contribution < 1.29 is 19.0 Å². The van der Waals surface area contributed by atoms with Crippen molar-refractivity contribution in [1.29, 1.82) is 0 Å². The number of esters is 1. The van der Waals surface area contributed by atoms with Crippen LogP contribution in [0.25, 0.3) is 11.1 Å². The lowest BCUT2D eigenvalue weighted by Gasteiger charge is -2.14. The second-order valence-corrected chi connectivity index (χ2v) is 12.7. The van der Waals surface area contributed by atoms with E-state index in [2.05, 4.69) is 45.0 Å². The molecule has 0 amide bonds. The van der Waals surface area contributed by atoms with Gasteiger partial charge < -0.3 is 14.2 Å². The first-order valence-corrected chi connectivity index (χ1v) is 18.4. The van der Waals surface area contributed by atoms with E-state index in [9.17, 15) is 4.79 Å². The number of carbonyl (C=O) groups excluding carboxylic acids is 1. The molecule has 0 aliphatic carbocycles. The largest absolute Gasteiger partial charge is 0.494 e. The van der Waals surface area contributed by atoms with Crippen molar-refractivity contribution in [3.05, 3.63) is 83.9 Å². The van der Waals surface area contributed by atoms with Crippen molar-refractivity contribution in [3.63, 3.8) is 0 Å². The zero-order valence-electron chi connectivity index (χ0n) is 29.1. The maximum Gasteiger partial charge on any atom is 0.343 e. The first-order valence-electron chi connectivity index (χ1n) is 18.4. The Bertz CT molecular complexity index is 1180. The lowest BCUT2D eigenvalue weighted by molar-refractivity contribution is 0.0627. The Balaban J connectivity index is 1.33. The molecule has 3 rings (SSSR count). The maximum atomic E-state index is 12.7. The SMILES string of the molecule is CCCCCCCCCCCCOC(C)c1ccc(-c2ccc(OC(=O)c3ccc(OCCCCCCCCC)cc3)cc2)cc1. The van der Waals surface area contributed by atoms with Crippen molar-refractivity contribution in [1.82, 2.24) is 0 Å². The number of hydrogen-bond donors (Lipinski definition) is 0. The molecule has 0 bridgehead atoms. The average molecular weight is 629 g/mol. The zero-order valence-corrected chi connectivity index (χ0v) is 29.1. The number of rotatable bonds is 25. The summed E-state index contributed by atoms with van der Waals surface area (Å²) in [6.07, 6.45) is 22.2. The van der Waals surface area contributed by atoms with Crippen molar-refractivity contribution in [2.75, 3.05) is 13.2 Å². The maximum absolute atomic E-state index is 12.7. The summed E-state index contributed by atoms with van der Waals surface area (Å²) in [4.78, 5) is 12.7. The fraction of sp³-hybridized carbons (Fsp3) is 0.548. The van der Waals surface area contributed by atoms with Crippen LogP contribution in [0.3, 0.4) is 0 Å². The summed E-state index contributed by atoms with van der Waals surface area (Å²) < 4.78 is 17.6. The van der Waals surface area contributed by atoms with Gasteiger partial charge in [0.25, 0.3) is 0 Å². The van der Waals surface area contributed by atoms with Gasteiger partial charge >= 0.3 is 5.97 Å². The fourth-order valence-corrected chi connectivity index (χ4v) is 5.71. The van der Waals surface area contributed by atoms with Crippen LogP contribution in [-0.4, -0.2) is 19.2 Å². The molecule has 3 aromatic carbocycles. The van der Waals surface area contributed by atoms with E-state index in [0.717, 1.165) is 36.3 Å². The molecule has 0 saturated carbocycles. The minimum atomic E-state index is -0.373. The second kappa shape index (κ2) is 23.2. The summed E-state index contributed by atoms with van der Waals surface area (Å²) in [6.45, 7) is 8.17. The van der Waals surface area contributed by atoms with E-state index in [4.69, 9.17) is 14.2 Å². The number of unbranched alkanes of at least 4 members (excludes halogenated alkanes) is 15. The number of benzene rings is 3. The summed E-state index contributed by atoms with van der Waals surface area (Å²) in [5, 5.41) is 0. The minimum absolute atomic E-state index is 0.0835. The highest BCUT2D eigenvalue weighted by Crippen LogP contribution is 2.26. The number of ether oxygens (including phenoxy) is 3. The van der Waals surface area contributed by atoms with Crippen molar-refractivity contribution in [3.8, 4) is 22.6 Å². The van der Waals surface area contributed by atoms with Gasteiger partial charge in [-0.2, -0.15) is 0 Å². The van der Waals surface area contributed by atoms with Crippen LogP contribution in [0.15, 0.2) is 72.8 Å². The Morgan fingerprint density at radius 1 is 0.522 bits per heavy atom. The molecule has 0 radical (unpaired) electrons. The van der Waals surface area contributed by atoms with Crippen molar-refractivity contribution in [2.45, 2.75) is 136 Å². The molecule has 1 atom stereocenters. The molecule has 0 saturated heterocycles. The Morgan fingerprint density at radius 3 is 1.48 bits per heavy atom. The highest BCUT2D eigenvalue weighted by Gasteiger charge is 2.10. The van der Waals surface area contributed by atoms with Gasteiger partial charge in [0.1, 0.15) is 11.5 Å². The third-order valence-electron chi connectivity index (χ3n) is 8.75. The van der Waals surface area contributed by atoms with Gasteiger partial charge in [0.05, 0.1) is 18.3 Å². The summed E-state index contributed by atoms with van der Waals surface area (Å²) in [5.74, 6) is 0.939. The van der Waals surface area contributed by atoms with Crippen LogP contribution in [0, 0.1) is 0 Å². The Kier molecular flexibility index (Phi) is 18.9. The molecule has 0 N–H and O–H groups in total. The zero-order chi connectivity index (χ0) is 32.7. The number of hydrogen-bond acceptors (Lipinski definition) is 4. The predicted molar refractivity (Wildman–Crippen MR) is 193 cm³/mol. The first-order chi connectivity index (χ1) is 22.6. The molecular weight excluding hydrogens is 568 g/mol. The lowest BCUT2D eigenvalue weighted by atomic mass is 10.0. The molecule has 0 heterocycles. The van der Waals surface area contributed by atoms with Gasteiger partial charge in [0.2, 0.25) is 0 Å². The van der Waals surface area contributed by atoms with Crippen LogP contribution >= 0.6 is 0 Å². The predicted octanol–water partition coefficient (Wildman–Crippen LogP) is 12.7. The van der Waals surface area contributed by atoms with E-state index in [1.165, 1.54) is 102 Å². The van der Waals surface area contributed by atoms with Gasteiger partial charge in [0, 0.05) is 6.61 Å². The van der Waals surface area contributed by atoms with Crippen molar-refractivity contribution in [2.24, 2.45) is 0 Å². The van der Waals surface area contributed by atoms with Crippen molar-refractivity contribution >= 4 is 5.97 Å². The summed E-state index contributed by atoms with van der Waals surface area (Å²) >= 11 is 0. The van der Waals surface area contributed by atoms with Crippen LogP contribution in [0.4, 0.5) is 0 Å². The lowest BCUT2D eigenvalue weighted by Crippen LogP contribution is -2.08. The van der Waals surface area contributed by atoms with Gasteiger partial charge in [-0.1, -0.05) is 147 Å². The highest BCUT2D eigenvalue weighted by atomic mass is 16.5. The van der Waals surface area contributed by atoms with Crippen LogP contribution in [0.5, 0.6) is 11.5 Å². The third-order valence-corrected chi connectivity index (χ3v) is 8.75. The molecule has 0 spiro atoms. The topological polar surface area (TPSA) is 44.8 Å². The van der Waals surface area contributed by atoms with Crippen LogP contribution in [-0.2, 0) is 4.74 Å². The number of carbonyl (C=O) groups is 1. The molecule has 252 valence electrons. The smallest absolute Gasteiger partial charge is 0.343 e. The Hall–Kier alpha value is -3.11. The van der Waals surface area contributed by atoms with E-state index >= 15 is 0 Å². The molecule has 0 aromatic heterocycles. The molecular formula is C42H60O4. The third kappa shape index (κ3) is 15.0. The Morgan fingerprint density at radius 2 is 0.957 bits per heavy atom. The molecule has 0 aliphatic heterocycles. The molecule has 3 aromatic rings. The molecule has 4 heteroatoms. The van der Waals surface area contributed by atoms with E-state index in [1.807, 2.05) is 36.4 Å². The van der Waals surface area contributed by atoms with E-state index in [-0.39, 0.29) is 12.1 Å². The Labute approximate surface area is 280 Å². The van der Waals surface area contributed by atoms with Crippen LogP contribution < -0.4 is 9.47 Å². The summed E-state index contributed by atoms with van der Waals surface area (Å²) in [5.41, 5.74) is 3.89. The molecule has 0 fully saturated rings. The monoisotopic (exact) mass is 628 g/mol. The van der Waals surface area contributed by atoms with Gasteiger partial charge in [-0.3, -0.25) is 0 Å². The van der Waals surface area contributed by atoms with Gasteiger partial charge in [-0.15, -0.1) is 0 Å². The van der Waals surface area contributed by atoms with Gasteiger partial charge in [-0.25, -0.2) is 4.79 Å². The van der Waals surface area contributed by atoms with E-state index in [0.29, 0.717) is 17.9 Å². The minimum Gasteiger partial charge on any atom is -0.494 e. The summed E-state index contributed by atoms with van der Waals surface area (Å²) in [6, 6.07) is 23.4. The van der Waals surface area contributed by atoms with Gasteiger partial charge in [-0.05, 0) is 72.9 Å². The van der Waals surface area contributed by atoms with Crippen LogP contribution in [0.1, 0.15) is 152 Å². The quantitative estimate of drug-likeness (QED) is 0.0532. The second-order valence-electron chi connectivity index (χ2n) is 12.7. The first kappa shape index (κ1) is 37.3. The van der Waals surface area contributed by atoms with Gasteiger partial charge in [0.15, 0.2) is 0 Å². The average Bonchev–Trinajstić information content (AvgIpc) is 3.09.